The third kappa shape index (κ3) is 5.13. The Morgan fingerprint density at radius 1 is 1.13 bits per heavy atom. The van der Waals surface area contributed by atoms with E-state index in [0.29, 0.717) is 5.56 Å². The van der Waals surface area contributed by atoms with Crippen molar-refractivity contribution in [2.45, 2.75) is 46.1 Å². The molecule has 0 bridgehead atoms. The number of ether oxygens (including phenoxy) is 1. The molecule has 5 heteroatoms. The lowest BCUT2D eigenvalue weighted by atomic mass is 10.2. The number of rotatable bonds is 9. The maximum Gasteiger partial charge on any atom is 0.256 e. The van der Waals surface area contributed by atoms with E-state index in [-0.39, 0.29) is 5.91 Å². The van der Waals surface area contributed by atoms with Gasteiger partial charge in [0.2, 0.25) is 0 Å². The van der Waals surface area contributed by atoms with Gasteiger partial charge in [-0.05, 0) is 37.1 Å². The summed E-state index contributed by atoms with van der Waals surface area (Å²) in [6.07, 6.45) is 6.07. The zero-order chi connectivity index (χ0) is 16.5. The van der Waals surface area contributed by atoms with Gasteiger partial charge in [0.1, 0.15) is 11.6 Å². The number of carbonyl (C=O) groups excluding carboxylic acids is 1. The van der Waals surface area contributed by atoms with E-state index in [1.807, 2.05) is 12.1 Å². The van der Waals surface area contributed by atoms with E-state index in [9.17, 15) is 4.79 Å². The fourth-order valence-corrected chi connectivity index (χ4v) is 2.26. The Bertz CT molecular complexity index is 605. The van der Waals surface area contributed by atoms with Crippen LogP contribution in [-0.2, 0) is 6.54 Å². The molecular formula is C18H25N3O2. The first-order valence-electron chi connectivity index (χ1n) is 8.30. The highest BCUT2D eigenvalue weighted by molar-refractivity contribution is 6.03. The molecule has 0 saturated carbocycles. The van der Waals surface area contributed by atoms with E-state index in [1.165, 1.54) is 12.8 Å². The molecule has 1 amide bonds. The molecule has 124 valence electrons. The lowest BCUT2D eigenvalue weighted by Crippen LogP contribution is -2.15. The van der Waals surface area contributed by atoms with Gasteiger partial charge in [0.25, 0.3) is 5.91 Å². The average molecular weight is 315 g/mol. The first-order valence-corrected chi connectivity index (χ1v) is 8.30. The summed E-state index contributed by atoms with van der Waals surface area (Å²) in [5.41, 5.74) is 0.607. The molecule has 2 aromatic rings. The van der Waals surface area contributed by atoms with Crippen molar-refractivity contribution in [1.29, 1.82) is 0 Å². The molecule has 0 atom stereocenters. The molecule has 0 fully saturated rings. The summed E-state index contributed by atoms with van der Waals surface area (Å²) in [6, 6.07) is 9.04. The van der Waals surface area contributed by atoms with Crippen molar-refractivity contribution in [2.75, 3.05) is 11.9 Å². The zero-order valence-electron chi connectivity index (χ0n) is 13.9. The summed E-state index contributed by atoms with van der Waals surface area (Å²) in [6.45, 7) is 5.75. The highest BCUT2D eigenvalue weighted by Gasteiger charge is 2.09. The van der Waals surface area contributed by atoms with E-state index in [1.54, 1.807) is 29.1 Å². The van der Waals surface area contributed by atoms with Gasteiger partial charge in [0, 0.05) is 18.2 Å². The van der Waals surface area contributed by atoms with E-state index in [2.05, 4.69) is 24.3 Å². The smallest absolute Gasteiger partial charge is 0.256 e. The highest BCUT2D eigenvalue weighted by atomic mass is 16.5. The fourth-order valence-electron chi connectivity index (χ4n) is 2.26. The van der Waals surface area contributed by atoms with Gasteiger partial charge >= 0.3 is 0 Å². The van der Waals surface area contributed by atoms with Gasteiger partial charge < -0.3 is 10.1 Å². The number of aryl methyl sites for hydroxylation is 1. The van der Waals surface area contributed by atoms with Gasteiger partial charge in [0.15, 0.2) is 0 Å². The maximum absolute atomic E-state index is 12.3. The van der Waals surface area contributed by atoms with E-state index in [4.69, 9.17) is 4.74 Å². The van der Waals surface area contributed by atoms with Gasteiger partial charge in [-0.3, -0.25) is 4.79 Å². The van der Waals surface area contributed by atoms with Crippen molar-refractivity contribution in [3.8, 4) is 5.75 Å². The molecule has 1 aromatic heterocycles. The monoisotopic (exact) mass is 315 g/mol. The standard InChI is InChI=1S/C18H25N3O2/c1-3-5-6-14-23-16-9-7-15(8-10-16)18(22)20-17-11-12-19-21(17)13-4-2/h7-12H,3-6,13-14H2,1-2H3,(H,20,22). The van der Waals surface area contributed by atoms with Crippen LogP contribution in [0.4, 0.5) is 5.82 Å². The number of anilines is 1. The molecule has 1 aromatic carbocycles. The number of nitrogens with zero attached hydrogens (tertiary/aromatic N) is 2. The molecule has 0 radical (unpaired) electrons. The van der Waals surface area contributed by atoms with Crippen LogP contribution in [0.15, 0.2) is 36.5 Å². The van der Waals surface area contributed by atoms with Crippen LogP contribution < -0.4 is 10.1 Å². The average Bonchev–Trinajstić information content (AvgIpc) is 2.99. The summed E-state index contributed by atoms with van der Waals surface area (Å²) in [5, 5.41) is 7.09. The molecule has 0 aliphatic carbocycles. The molecule has 2 rings (SSSR count). The lowest BCUT2D eigenvalue weighted by molar-refractivity contribution is 0.102. The second-order valence-electron chi connectivity index (χ2n) is 5.47. The second kappa shape index (κ2) is 8.98. The molecule has 5 nitrogen and oxygen atoms in total. The highest BCUT2D eigenvalue weighted by Crippen LogP contribution is 2.15. The number of nitrogens with one attached hydrogen (secondary N) is 1. The summed E-state index contributed by atoms with van der Waals surface area (Å²) in [7, 11) is 0. The number of carbonyl (C=O) groups is 1. The van der Waals surface area contributed by atoms with Crippen LogP contribution in [0.25, 0.3) is 0 Å². The largest absolute Gasteiger partial charge is 0.494 e. The van der Waals surface area contributed by atoms with Crippen LogP contribution in [0, 0.1) is 0 Å². The molecule has 1 heterocycles. The van der Waals surface area contributed by atoms with Crippen LogP contribution in [0.1, 0.15) is 49.9 Å². The SMILES string of the molecule is CCCCCOc1ccc(C(=O)Nc2ccnn2CCC)cc1. The van der Waals surface area contributed by atoms with Crippen molar-refractivity contribution < 1.29 is 9.53 Å². The minimum atomic E-state index is -0.139. The van der Waals surface area contributed by atoms with E-state index in [0.717, 1.165) is 37.6 Å². The van der Waals surface area contributed by atoms with Crippen molar-refractivity contribution in [1.82, 2.24) is 9.78 Å². The van der Waals surface area contributed by atoms with Gasteiger partial charge in [-0.25, -0.2) is 4.68 Å². The molecule has 0 spiro atoms. The summed E-state index contributed by atoms with van der Waals surface area (Å²) >= 11 is 0. The number of hydrogen-bond donors (Lipinski definition) is 1. The number of aromatic nitrogens is 2. The quantitative estimate of drug-likeness (QED) is 0.708. The van der Waals surface area contributed by atoms with Crippen LogP contribution in [-0.4, -0.2) is 22.3 Å². The summed E-state index contributed by atoms with van der Waals surface area (Å²) in [4.78, 5) is 12.3. The Morgan fingerprint density at radius 2 is 1.91 bits per heavy atom. The number of hydrogen-bond acceptors (Lipinski definition) is 3. The summed E-state index contributed by atoms with van der Waals surface area (Å²) in [5.74, 6) is 1.38. The zero-order valence-corrected chi connectivity index (χ0v) is 13.9. The molecule has 0 unspecified atom stereocenters. The predicted molar refractivity (Wildman–Crippen MR) is 91.9 cm³/mol. The molecule has 23 heavy (non-hydrogen) atoms. The second-order valence-corrected chi connectivity index (χ2v) is 5.47. The lowest BCUT2D eigenvalue weighted by Gasteiger charge is -2.09. The molecule has 0 aliphatic rings. The van der Waals surface area contributed by atoms with Crippen molar-refractivity contribution in [2.24, 2.45) is 0 Å². The minimum Gasteiger partial charge on any atom is -0.494 e. The van der Waals surface area contributed by atoms with Crippen LogP contribution in [0.5, 0.6) is 5.75 Å². The molecule has 0 saturated heterocycles. The minimum absolute atomic E-state index is 0.139. The van der Waals surface area contributed by atoms with Gasteiger partial charge in [-0.2, -0.15) is 5.10 Å². The van der Waals surface area contributed by atoms with Gasteiger partial charge in [0.05, 0.1) is 12.8 Å². The normalized spacial score (nSPS) is 10.5. The predicted octanol–water partition coefficient (Wildman–Crippen LogP) is 4.11. The Kier molecular flexibility index (Phi) is 6.66. The topological polar surface area (TPSA) is 56.1 Å². The van der Waals surface area contributed by atoms with Crippen molar-refractivity contribution >= 4 is 11.7 Å². The van der Waals surface area contributed by atoms with Crippen molar-refractivity contribution in [3.05, 3.63) is 42.1 Å². The Labute approximate surface area is 137 Å². The van der Waals surface area contributed by atoms with Crippen LogP contribution in [0.3, 0.4) is 0 Å². The molecule has 1 N–H and O–H groups in total. The first kappa shape index (κ1) is 17.1. The number of amides is 1. The third-order valence-electron chi connectivity index (χ3n) is 3.53. The molecule has 0 aliphatic heterocycles. The van der Waals surface area contributed by atoms with Crippen LogP contribution in [0.2, 0.25) is 0 Å². The third-order valence-corrected chi connectivity index (χ3v) is 3.53. The number of benzene rings is 1. The Balaban J connectivity index is 1.90. The first-order chi connectivity index (χ1) is 11.2. The number of unbranched alkanes of at least 4 members (excludes halogenated alkanes) is 2. The van der Waals surface area contributed by atoms with Gasteiger partial charge in [-0.1, -0.05) is 26.7 Å². The molecular weight excluding hydrogens is 290 g/mol. The fraction of sp³-hybridized carbons (Fsp3) is 0.444. The van der Waals surface area contributed by atoms with Crippen molar-refractivity contribution in [3.63, 3.8) is 0 Å². The van der Waals surface area contributed by atoms with Gasteiger partial charge in [-0.15, -0.1) is 0 Å². The Hall–Kier alpha value is -2.30. The van der Waals surface area contributed by atoms with E-state index < -0.39 is 0 Å². The van der Waals surface area contributed by atoms with Crippen LogP contribution >= 0.6 is 0 Å². The Morgan fingerprint density at radius 3 is 2.61 bits per heavy atom. The maximum atomic E-state index is 12.3. The van der Waals surface area contributed by atoms with E-state index >= 15 is 0 Å². The summed E-state index contributed by atoms with van der Waals surface area (Å²) < 4.78 is 7.45.